The Morgan fingerprint density at radius 2 is 2.05 bits per heavy atom. The molecule has 4 nitrogen and oxygen atoms in total. The van der Waals surface area contributed by atoms with Gasteiger partial charge in [-0.2, -0.15) is 0 Å². The number of rotatable bonds is 6. The van der Waals surface area contributed by atoms with E-state index in [1.54, 1.807) is 0 Å². The van der Waals surface area contributed by atoms with E-state index in [-0.39, 0.29) is 5.91 Å². The molecule has 0 unspecified atom stereocenters. The second-order valence-corrected chi connectivity index (χ2v) is 7.25. The van der Waals surface area contributed by atoms with Gasteiger partial charge in [-0.3, -0.25) is 4.79 Å². The molecule has 0 aliphatic heterocycles. The summed E-state index contributed by atoms with van der Waals surface area (Å²) in [6, 6.07) is 0. The standard InChI is InChI=1S/C15H25N3OS/c1-11(2)10-14-17-18-15(20-14)16-13(19)9-8-12-6-4-3-5-7-12/h11-12H,3-10H2,1-2H3,(H,16,18,19). The predicted molar refractivity (Wildman–Crippen MR) is 82.9 cm³/mol. The Labute approximate surface area is 125 Å². The molecule has 5 heteroatoms. The molecular formula is C15H25N3OS. The van der Waals surface area contributed by atoms with E-state index in [4.69, 9.17) is 0 Å². The van der Waals surface area contributed by atoms with E-state index >= 15 is 0 Å². The van der Waals surface area contributed by atoms with Crippen LogP contribution in [0.25, 0.3) is 0 Å². The molecule has 0 saturated heterocycles. The molecule has 0 spiro atoms. The van der Waals surface area contributed by atoms with Crippen LogP contribution in [0.3, 0.4) is 0 Å². The molecule has 1 amide bonds. The molecule has 1 aliphatic rings. The minimum atomic E-state index is 0.0859. The number of nitrogens with one attached hydrogen (secondary N) is 1. The van der Waals surface area contributed by atoms with Crippen LogP contribution in [0.4, 0.5) is 5.13 Å². The average Bonchev–Trinajstić information content (AvgIpc) is 2.84. The summed E-state index contributed by atoms with van der Waals surface area (Å²) in [5.41, 5.74) is 0. The van der Waals surface area contributed by atoms with Gasteiger partial charge in [-0.05, 0) is 18.3 Å². The first-order valence-electron chi connectivity index (χ1n) is 7.75. The summed E-state index contributed by atoms with van der Waals surface area (Å²) >= 11 is 1.50. The van der Waals surface area contributed by atoms with Crippen LogP contribution in [0.2, 0.25) is 0 Å². The van der Waals surface area contributed by atoms with Gasteiger partial charge in [0.15, 0.2) is 0 Å². The highest BCUT2D eigenvalue weighted by molar-refractivity contribution is 7.15. The van der Waals surface area contributed by atoms with Crippen LogP contribution in [0.15, 0.2) is 0 Å². The molecule has 0 atom stereocenters. The van der Waals surface area contributed by atoms with Crippen molar-refractivity contribution >= 4 is 22.4 Å². The maximum absolute atomic E-state index is 11.9. The van der Waals surface area contributed by atoms with Crippen molar-refractivity contribution in [1.29, 1.82) is 0 Å². The first kappa shape index (κ1) is 15.4. The fourth-order valence-electron chi connectivity index (χ4n) is 2.73. The van der Waals surface area contributed by atoms with Gasteiger partial charge in [-0.15, -0.1) is 10.2 Å². The van der Waals surface area contributed by atoms with Crippen molar-refractivity contribution in [3.63, 3.8) is 0 Å². The van der Waals surface area contributed by atoms with Gasteiger partial charge in [-0.1, -0.05) is 57.3 Å². The normalized spacial score (nSPS) is 16.6. The van der Waals surface area contributed by atoms with Gasteiger partial charge in [0, 0.05) is 12.8 Å². The Balaban J connectivity index is 1.72. The Morgan fingerprint density at radius 3 is 2.75 bits per heavy atom. The molecule has 0 bridgehead atoms. The van der Waals surface area contributed by atoms with Crippen LogP contribution in [-0.2, 0) is 11.2 Å². The van der Waals surface area contributed by atoms with Crippen molar-refractivity contribution in [2.75, 3.05) is 5.32 Å². The predicted octanol–water partition coefficient (Wildman–Crippen LogP) is 4.04. The van der Waals surface area contributed by atoms with Crippen molar-refractivity contribution in [2.24, 2.45) is 11.8 Å². The molecule has 1 aliphatic carbocycles. The zero-order chi connectivity index (χ0) is 14.4. The lowest BCUT2D eigenvalue weighted by atomic mass is 9.86. The molecule has 1 saturated carbocycles. The summed E-state index contributed by atoms with van der Waals surface area (Å²) in [5, 5.41) is 12.7. The second kappa shape index (κ2) is 7.72. The SMILES string of the molecule is CC(C)Cc1nnc(NC(=O)CCC2CCCCC2)s1. The topological polar surface area (TPSA) is 54.9 Å². The van der Waals surface area contributed by atoms with Crippen LogP contribution in [0.1, 0.15) is 63.8 Å². The highest BCUT2D eigenvalue weighted by Gasteiger charge is 2.15. The summed E-state index contributed by atoms with van der Waals surface area (Å²) in [6.45, 7) is 4.31. The monoisotopic (exact) mass is 295 g/mol. The van der Waals surface area contributed by atoms with Gasteiger partial charge in [0.2, 0.25) is 11.0 Å². The number of aromatic nitrogens is 2. The number of amides is 1. The maximum Gasteiger partial charge on any atom is 0.226 e. The Morgan fingerprint density at radius 1 is 1.30 bits per heavy atom. The number of hydrogen-bond donors (Lipinski definition) is 1. The minimum absolute atomic E-state index is 0.0859. The van der Waals surface area contributed by atoms with E-state index in [1.165, 1.54) is 43.4 Å². The minimum Gasteiger partial charge on any atom is -0.301 e. The summed E-state index contributed by atoms with van der Waals surface area (Å²) in [7, 11) is 0. The van der Waals surface area contributed by atoms with Crippen molar-refractivity contribution in [2.45, 2.75) is 65.2 Å². The van der Waals surface area contributed by atoms with Gasteiger partial charge < -0.3 is 5.32 Å². The third-order valence-electron chi connectivity index (χ3n) is 3.80. The molecule has 1 N–H and O–H groups in total. The zero-order valence-corrected chi connectivity index (χ0v) is 13.3. The lowest BCUT2D eigenvalue weighted by Crippen LogP contribution is -2.14. The van der Waals surface area contributed by atoms with Crippen LogP contribution < -0.4 is 5.32 Å². The molecule has 1 heterocycles. The van der Waals surface area contributed by atoms with Crippen LogP contribution in [0, 0.1) is 11.8 Å². The second-order valence-electron chi connectivity index (χ2n) is 6.19. The third kappa shape index (κ3) is 5.19. The van der Waals surface area contributed by atoms with Gasteiger partial charge >= 0.3 is 0 Å². The zero-order valence-electron chi connectivity index (χ0n) is 12.5. The molecule has 0 aromatic carbocycles. The number of anilines is 1. The van der Waals surface area contributed by atoms with Crippen molar-refractivity contribution in [3.05, 3.63) is 5.01 Å². The van der Waals surface area contributed by atoms with E-state index in [0.717, 1.165) is 23.8 Å². The number of hydrogen-bond acceptors (Lipinski definition) is 4. The van der Waals surface area contributed by atoms with E-state index in [1.807, 2.05) is 0 Å². The Kier molecular flexibility index (Phi) is 5.95. The summed E-state index contributed by atoms with van der Waals surface area (Å²) in [5.74, 6) is 1.40. The fourth-order valence-corrected chi connectivity index (χ4v) is 3.70. The highest BCUT2D eigenvalue weighted by Crippen LogP contribution is 2.27. The van der Waals surface area contributed by atoms with Gasteiger partial charge in [0.05, 0.1) is 0 Å². The highest BCUT2D eigenvalue weighted by atomic mass is 32.1. The van der Waals surface area contributed by atoms with Gasteiger partial charge in [0.1, 0.15) is 5.01 Å². The smallest absolute Gasteiger partial charge is 0.226 e. The van der Waals surface area contributed by atoms with Gasteiger partial charge in [0.25, 0.3) is 0 Å². The van der Waals surface area contributed by atoms with E-state index in [2.05, 4.69) is 29.4 Å². The molecule has 1 aromatic rings. The Hall–Kier alpha value is -0.970. The Bertz CT molecular complexity index is 425. The number of nitrogens with zero attached hydrogens (tertiary/aromatic N) is 2. The number of carbonyl (C=O) groups excluding carboxylic acids is 1. The quantitative estimate of drug-likeness (QED) is 0.862. The van der Waals surface area contributed by atoms with Crippen LogP contribution >= 0.6 is 11.3 Å². The third-order valence-corrected chi connectivity index (χ3v) is 4.66. The fraction of sp³-hybridized carbons (Fsp3) is 0.800. The largest absolute Gasteiger partial charge is 0.301 e. The first-order valence-corrected chi connectivity index (χ1v) is 8.57. The molecule has 112 valence electrons. The number of carbonyl (C=O) groups is 1. The van der Waals surface area contributed by atoms with Crippen molar-refractivity contribution in [3.8, 4) is 0 Å². The van der Waals surface area contributed by atoms with E-state index in [0.29, 0.717) is 17.5 Å². The first-order chi connectivity index (χ1) is 9.63. The van der Waals surface area contributed by atoms with Crippen LogP contribution in [-0.4, -0.2) is 16.1 Å². The summed E-state index contributed by atoms with van der Waals surface area (Å²) < 4.78 is 0. The van der Waals surface area contributed by atoms with Crippen molar-refractivity contribution < 1.29 is 4.79 Å². The van der Waals surface area contributed by atoms with Gasteiger partial charge in [-0.25, -0.2) is 0 Å². The van der Waals surface area contributed by atoms with E-state index in [9.17, 15) is 4.79 Å². The molecular weight excluding hydrogens is 270 g/mol. The average molecular weight is 295 g/mol. The lowest BCUT2D eigenvalue weighted by molar-refractivity contribution is -0.116. The summed E-state index contributed by atoms with van der Waals surface area (Å²) in [4.78, 5) is 11.9. The van der Waals surface area contributed by atoms with E-state index < -0.39 is 0 Å². The summed E-state index contributed by atoms with van der Waals surface area (Å²) in [6.07, 6.45) is 9.19. The lowest BCUT2D eigenvalue weighted by Gasteiger charge is -2.20. The molecule has 2 rings (SSSR count). The van der Waals surface area contributed by atoms with Crippen LogP contribution in [0.5, 0.6) is 0 Å². The molecule has 1 fully saturated rings. The molecule has 0 radical (unpaired) electrons. The molecule has 20 heavy (non-hydrogen) atoms. The van der Waals surface area contributed by atoms with Crippen molar-refractivity contribution in [1.82, 2.24) is 10.2 Å². The maximum atomic E-state index is 11.9. The molecule has 1 aromatic heterocycles.